The van der Waals surface area contributed by atoms with Gasteiger partial charge in [-0.25, -0.2) is 14.6 Å². The molecule has 32 heavy (non-hydrogen) atoms. The fourth-order valence-corrected chi connectivity index (χ4v) is 3.15. The summed E-state index contributed by atoms with van der Waals surface area (Å²) in [4.78, 5) is 20.6. The van der Waals surface area contributed by atoms with E-state index in [1.165, 1.54) is 6.33 Å². The molecule has 0 aliphatic carbocycles. The Labute approximate surface area is 185 Å². The maximum atomic E-state index is 12.2. The van der Waals surface area contributed by atoms with Gasteiger partial charge >= 0.3 is 0 Å². The van der Waals surface area contributed by atoms with E-state index < -0.39 is 0 Å². The van der Waals surface area contributed by atoms with E-state index >= 15 is 0 Å². The second-order valence-corrected chi connectivity index (χ2v) is 7.28. The third-order valence-corrected chi connectivity index (χ3v) is 4.67. The topological polar surface area (TPSA) is 91.2 Å². The van der Waals surface area contributed by atoms with E-state index in [9.17, 15) is 4.79 Å². The molecular weight excluding hydrogens is 406 g/mol. The van der Waals surface area contributed by atoms with Gasteiger partial charge in [0, 0.05) is 17.4 Å². The van der Waals surface area contributed by atoms with Crippen LogP contribution >= 0.6 is 0 Å². The first-order valence-electron chi connectivity index (χ1n) is 10.1. The first kappa shape index (κ1) is 21.0. The molecule has 2 heterocycles. The van der Waals surface area contributed by atoms with E-state index in [2.05, 4.69) is 20.4 Å². The lowest BCUT2D eigenvalue weighted by atomic mass is 10.2. The Kier molecular flexibility index (Phi) is 6.12. The summed E-state index contributed by atoms with van der Waals surface area (Å²) in [7, 11) is 0. The molecule has 2 aromatic heterocycles. The normalized spacial score (nSPS) is 10.6. The minimum Gasteiger partial charge on any atom is -0.483 e. The zero-order valence-electron chi connectivity index (χ0n) is 18.1. The zero-order chi connectivity index (χ0) is 22.5. The second kappa shape index (κ2) is 9.30. The first-order valence-corrected chi connectivity index (χ1v) is 10.1. The van der Waals surface area contributed by atoms with Crippen molar-refractivity contribution < 1.29 is 14.3 Å². The van der Waals surface area contributed by atoms with E-state index in [1.54, 1.807) is 35.0 Å². The molecule has 2 aromatic carbocycles. The minimum atomic E-state index is -0.243. The number of amides is 1. The predicted octanol–water partition coefficient (Wildman–Crippen LogP) is 4.40. The van der Waals surface area contributed by atoms with Crippen LogP contribution in [-0.4, -0.2) is 32.3 Å². The van der Waals surface area contributed by atoms with Crippen LogP contribution in [0.5, 0.6) is 17.4 Å². The van der Waals surface area contributed by atoms with Crippen LogP contribution in [0, 0.1) is 20.8 Å². The number of rotatable bonds is 7. The Bertz CT molecular complexity index is 1230. The highest BCUT2D eigenvalue weighted by molar-refractivity contribution is 5.91. The average Bonchev–Trinajstić information content (AvgIpc) is 3.13. The van der Waals surface area contributed by atoms with Crippen molar-refractivity contribution in [1.82, 2.24) is 19.7 Å². The average molecular weight is 429 g/mol. The number of anilines is 1. The minimum absolute atomic E-state index is 0.0703. The number of carbonyl (C=O) groups excluding carboxylic acids is 1. The van der Waals surface area contributed by atoms with Crippen molar-refractivity contribution in [2.75, 3.05) is 11.9 Å². The van der Waals surface area contributed by atoms with Gasteiger partial charge in [-0.05, 0) is 62.7 Å². The van der Waals surface area contributed by atoms with Crippen molar-refractivity contribution >= 4 is 11.6 Å². The molecule has 0 bridgehead atoms. The van der Waals surface area contributed by atoms with Gasteiger partial charge in [-0.1, -0.05) is 18.2 Å². The summed E-state index contributed by atoms with van der Waals surface area (Å²) < 4.78 is 13.1. The summed E-state index contributed by atoms with van der Waals surface area (Å²) in [6, 6.07) is 18.3. The lowest BCUT2D eigenvalue weighted by molar-refractivity contribution is -0.118. The highest BCUT2D eigenvalue weighted by Crippen LogP contribution is 2.23. The summed E-state index contributed by atoms with van der Waals surface area (Å²) in [5.41, 5.74) is 3.50. The second-order valence-electron chi connectivity index (χ2n) is 7.28. The van der Waals surface area contributed by atoms with Gasteiger partial charge in [-0.15, -0.1) is 0 Å². The highest BCUT2D eigenvalue weighted by atomic mass is 16.5. The summed E-state index contributed by atoms with van der Waals surface area (Å²) in [5, 5.41) is 7.23. The van der Waals surface area contributed by atoms with Crippen molar-refractivity contribution in [3.05, 3.63) is 83.9 Å². The van der Waals surface area contributed by atoms with Crippen molar-refractivity contribution in [1.29, 1.82) is 0 Å². The zero-order valence-corrected chi connectivity index (χ0v) is 18.1. The molecule has 0 saturated carbocycles. The van der Waals surface area contributed by atoms with Crippen LogP contribution in [0.3, 0.4) is 0 Å². The lowest BCUT2D eigenvalue weighted by Gasteiger charge is -2.10. The van der Waals surface area contributed by atoms with Gasteiger partial charge in [0.2, 0.25) is 5.88 Å². The third kappa shape index (κ3) is 5.10. The van der Waals surface area contributed by atoms with E-state index in [0.29, 0.717) is 28.9 Å². The van der Waals surface area contributed by atoms with Gasteiger partial charge in [0.15, 0.2) is 12.4 Å². The van der Waals surface area contributed by atoms with Gasteiger partial charge in [-0.2, -0.15) is 5.10 Å². The largest absolute Gasteiger partial charge is 0.483 e. The number of nitrogens with one attached hydrogen (secondary N) is 1. The summed E-state index contributed by atoms with van der Waals surface area (Å²) in [6.07, 6.45) is 1.43. The van der Waals surface area contributed by atoms with Gasteiger partial charge in [0.25, 0.3) is 5.91 Å². The third-order valence-electron chi connectivity index (χ3n) is 4.67. The fraction of sp³-hybridized carbons (Fsp3) is 0.167. The molecule has 0 fully saturated rings. The smallest absolute Gasteiger partial charge is 0.262 e. The molecule has 0 aliphatic heterocycles. The van der Waals surface area contributed by atoms with Gasteiger partial charge in [0.05, 0.1) is 5.69 Å². The molecule has 0 spiro atoms. The molecule has 1 N–H and O–H groups in total. The fourth-order valence-electron chi connectivity index (χ4n) is 3.15. The van der Waals surface area contributed by atoms with Crippen molar-refractivity contribution in [2.45, 2.75) is 20.8 Å². The number of hydrogen-bond acceptors (Lipinski definition) is 6. The quantitative estimate of drug-likeness (QED) is 0.468. The van der Waals surface area contributed by atoms with Crippen LogP contribution in [0.25, 0.3) is 5.82 Å². The molecule has 4 rings (SSSR count). The van der Waals surface area contributed by atoms with Crippen molar-refractivity contribution in [3.8, 4) is 23.2 Å². The molecule has 0 unspecified atom stereocenters. The maximum Gasteiger partial charge on any atom is 0.262 e. The van der Waals surface area contributed by atoms with Crippen LogP contribution in [0.1, 0.15) is 17.0 Å². The van der Waals surface area contributed by atoms with E-state index in [1.807, 2.05) is 51.1 Å². The van der Waals surface area contributed by atoms with Crippen LogP contribution in [0.15, 0.2) is 67.0 Å². The Morgan fingerprint density at radius 1 is 1.00 bits per heavy atom. The van der Waals surface area contributed by atoms with Crippen LogP contribution in [-0.2, 0) is 4.79 Å². The summed E-state index contributed by atoms with van der Waals surface area (Å²) in [5.74, 6) is 2.05. The summed E-state index contributed by atoms with van der Waals surface area (Å²) >= 11 is 0. The van der Waals surface area contributed by atoms with Gasteiger partial charge in [0.1, 0.15) is 17.8 Å². The number of benzene rings is 2. The molecule has 4 aromatic rings. The SMILES string of the molecule is Cc1cc(C)n(-c2cc(Oc3ccc(NC(=O)COc4ccccc4C)cc3)ncn2)n1. The molecule has 0 atom stereocenters. The standard InChI is InChI=1S/C24H23N5O3/c1-16-6-4-5-7-21(16)31-14-23(30)27-19-8-10-20(11-9-19)32-24-13-22(25-15-26-24)29-18(3)12-17(2)28-29/h4-13,15H,14H2,1-3H3,(H,27,30). The van der Waals surface area contributed by atoms with Gasteiger partial charge < -0.3 is 14.8 Å². The Morgan fingerprint density at radius 2 is 1.78 bits per heavy atom. The van der Waals surface area contributed by atoms with Crippen LogP contribution < -0.4 is 14.8 Å². The number of aryl methyl sites for hydroxylation is 3. The Balaban J connectivity index is 1.36. The lowest BCUT2D eigenvalue weighted by Crippen LogP contribution is -2.20. The molecule has 0 saturated heterocycles. The molecule has 8 heteroatoms. The number of hydrogen-bond donors (Lipinski definition) is 1. The molecule has 162 valence electrons. The van der Waals surface area contributed by atoms with Crippen molar-refractivity contribution in [2.24, 2.45) is 0 Å². The van der Waals surface area contributed by atoms with Gasteiger partial charge in [-0.3, -0.25) is 4.79 Å². The molecule has 0 radical (unpaired) electrons. The predicted molar refractivity (Wildman–Crippen MR) is 120 cm³/mol. The first-order chi connectivity index (χ1) is 15.5. The van der Waals surface area contributed by atoms with Crippen LogP contribution in [0.4, 0.5) is 5.69 Å². The molecule has 0 aliphatic rings. The molecular formula is C24H23N5O3. The van der Waals surface area contributed by atoms with Crippen LogP contribution in [0.2, 0.25) is 0 Å². The highest BCUT2D eigenvalue weighted by Gasteiger charge is 2.09. The monoisotopic (exact) mass is 429 g/mol. The van der Waals surface area contributed by atoms with E-state index in [4.69, 9.17) is 9.47 Å². The number of ether oxygens (including phenoxy) is 2. The Morgan fingerprint density at radius 3 is 2.50 bits per heavy atom. The number of carbonyl (C=O) groups is 1. The maximum absolute atomic E-state index is 12.2. The number of nitrogens with zero attached hydrogens (tertiary/aromatic N) is 4. The Hall–Kier alpha value is -4.20. The van der Waals surface area contributed by atoms with E-state index in [0.717, 1.165) is 17.0 Å². The number of para-hydroxylation sites is 1. The number of aromatic nitrogens is 4. The molecule has 1 amide bonds. The summed E-state index contributed by atoms with van der Waals surface area (Å²) in [6.45, 7) is 5.75. The van der Waals surface area contributed by atoms with E-state index in [-0.39, 0.29) is 12.5 Å². The molecule has 8 nitrogen and oxygen atoms in total. The van der Waals surface area contributed by atoms with Crippen molar-refractivity contribution in [3.63, 3.8) is 0 Å².